The second-order valence-corrected chi connectivity index (χ2v) is 10.8. The maximum atomic E-state index is 13.5. The average molecular weight is 614 g/mol. The number of likely N-dealkylation sites (tertiary alicyclic amines) is 1. The largest absolute Gasteiger partial charge is 0.433 e. The molecule has 2 aromatic heterocycles. The molecule has 1 aliphatic rings. The molecule has 208 valence electrons. The molecule has 0 unspecified atom stereocenters. The second-order valence-electron chi connectivity index (χ2n) is 9.92. The first-order valence-electron chi connectivity index (χ1n) is 12.9. The monoisotopic (exact) mass is 613 g/mol. The van der Waals surface area contributed by atoms with Crippen LogP contribution in [0.4, 0.5) is 18.9 Å². The number of hydrogen-bond donors (Lipinski definition) is 1. The summed E-state index contributed by atoms with van der Waals surface area (Å²) in [6, 6.07) is 12.7. The molecule has 0 atom stereocenters. The Morgan fingerprint density at radius 2 is 1.70 bits per heavy atom. The number of fused-ring (bicyclic) bond motifs is 1. The van der Waals surface area contributed by atoms with Crippen LogP contribution in [0.5, 0.6) is 0 Å². The van der Waals surface area contributed by atoms with Crippen molar-refractivity contribution in [3.05, 3.63) is 86.8 Å². The highest BCUT2D eigenvalue weighted by molar-refractivity contribution is 9.10. The van der Waals surface area contributed by atoms with Gasteiger partial charge in [0.15, 0.2) is 0 Å². The van der Waals surface area contributed by atoms with Crippen molar-refractivity contribution in [2.45, 2.75) is 45.8 Å². The maximum Gasteiger partial charge on any atom is 0.433 e. The van der Waals surface area contributed by atoms with Crippen molar-refractivity contribution in [1.82, 2.24) is 19.7 Å². The Morgan fingerprint density at radius 1 is 1.00 bits per heavy atom. The highest BCUT2D eigenvalue weighted by atomic mass is 79.9. The van der Waals surface area contributed by atoms with Gasteiger partial charge < -0.3 is 10.2 Å². The minimum absolute atomic E-state index is 0.0340. The summed E-state index contributed by atoms with van der Waals surface area (Å²) in [5, 5.41) is 7.61. The number of aromatic nitrogens is 3. The fraction of sp³-hybridized carbons (Fsp3) is 0.310. The van der Waals surface area contributed by atoms with Gasteiger partial charge in [-0.1, -0.05) is 28.1 Å². The van der Waals surface area contributed by atoms with Gasteiger partial charge in [-0.05, 0) is 75.1 Å². The predicted molar refractivity (Wildman–Crippen MR) is 149 cm³/mol. The molecule has 1 N–H and O–H groups in total. The van der Waals surface area contributed by atoms with Crippen LogP contribution in [-0.2, 0) is 12.7 Å². The van der Waals surface area contributed by atoms with E-state index >= 15 is 0 Å². The Bertz CT molecular complexity index is 1590. The SMILES string of the molecule is Cc1nn(Cc2ccc(C(=O)N3CCCCC3)cc2)c(C)c1NC(=O)c1cc(C(F)(F)F)nc2ccc(Br)cc12. The van der Waals surface area contributed by atoms with Gasteiger partial charge in [0.05, 0.1) is 34.7 Å². The number of rotatable bonds is 5. The van der Waals surface area contributed by atoms with Gasteiger partial charge >= 0.3 is 6.18 Å². The third-order valence-corrected chi connectivity index (χ3v) is 7.60. The topological polar surface area (TPSA) is 80.1 Å². The minimum atomic E-state index is -4.71. The number of halogens is 4. The number of carbonyl (C=O) groups is 2. The van der Waals surface area contributed by atoms with E-state index in [4.69, 9.17) is 0 Å². The van der Waals surface area contributed by atoms with Crippen molar-refractivity contribution < 1.29 is 22.8 Å². The van der Waals surface area contributed by atoms with Crippen molar-refractivity contribution >= 4 is 44.3 Å². The summed E-state index contributed by atoms with van der Waals surface area (Å²) >= 11 is 3.31. The summed E-state index contributed by atoms with van der Waals surface area (Å²) in [5.41, 5.74) is 1.94. The third-order valence-electron chi connectivity index (χ3n) is 7.10. The number of piperidine rings is 1. The van der Waals surface area contributed by atoms with Gasteiger partial charge in [0.25, 0.3) is 11.8 Å². The van der Waals surface area contributed by atoms with Crippen molar-refractivity contribution in [3.8, 4) is 0 Å². The standard InChI is InChI=1S/C29H27BrF3N5O2/c1-17-26(35-27(39)23-15-25(29(31,32)33)34-24-11-10-21(30)14-22(23)24)18(2)38(36-17)16-19-6-8-20(9-7-19)28(40)37-12-4-3-5-13-37/h6-11,14-15H,3-5,12-13,16H2,1-2H3,(H,35,39). The summed E-state index contributed by atoms with van der Waals surface area (Å²) in [5.74, 6) is -0.658. The predicted octanol–water partition coefficient (Wildman–Crippen LogP) is 6.76. The molecule has 0 spiro atoms. The number of alkyl halides is 3. The van der Waals surface area contributed by atoms with Crippen LogP contribution in [0.25, 0.3) is 10.9 Å². The molecule has 2 aromatic carbocycles. The number of nitrogens with one attached hydrogen (secondary N) is 1. The van der Waals surface area contributed by atoms with Crippen molar-refractivity contribution in [1.29, 1.82) is 0 Å². The highest BCUT2D eigenvalue weighted by Crippen LogP contribution is 2.33. The Morgan fingerprint density at radius 3 is 2.38 bits per heavy atom. The van der Waals surface area contributed by atoms with Gasteiger partial charge in [-0.2, -0.15) is 18.3 Å². The molecule has 1 aliphatic heterocycles. The Kier molecular flexibility index (Phi) is 7.67. The van der Waals surface area contributed by atoms with E-state index in [1.165, 1.54) is 6.07 Å². The molecule has 7 nitrogen and oxygen atoms in total. The third kappa shape index (κ3) is 5.74. The van der Waals surface area contributed by atoms with Gasteiger partial charge in [-0.15, -0.1) is 0 Å². The van der Waals surface area contributed by atoms with Gasteiger partial charge in [0.2, 0.25) is 0 Å². The van der Waals surface area contributed by atoms with Crippen LogP contribution in [0.1, 0.15) is 62.6 Å². The van der Waals surface area contributed by atoms with Crippen LogP contribution in [0.2, 0.25) is 0 Å². The average Bonchev–Trinajstić information content (AvgIpc) is 3.19. The molecule has 1 fully saturated rings. The van der Waals surface area contributed by atoms with E-state index in [-0.39, 0.29) is 17.0 Å². The van der Waals surface area contributed by atoms with Crippen molar-refractivity contribution in [2.24, 2.45) is 0 Å². The molecule has 0 saturated carbocycles. The number of aryl methyl sites for hydroxylation is 1. The zero-order chi connectivity index (χ0) is 28.6. The normalized spacial score (nSPS) is 14.0. The molecule has 3 heterocycles. The van der Waals surface area contributed by atoms with E-state index in [9.17, 15) is 22.8 Å². The minimum Gasteiger partial charge on any atom is -0.339 e. The molecule has 4 aromatic rings. The van der Waals surface area contributed by atoms with Crippen LogP contribution in [-0.4, -0.2) is 44.6 Å². The van der Waals surface area contributed by atoms with E-state index in [0.717, 1.165) is 44.0 Å². The lowest BCUT2D eigenvalue weighted by Crippen LogP contribution is -2.35. The molecule has 0 radical (unpaired) electrons. The highest BCUT2D eigenvalue weighted by Gasteiger charge is 2.34. The molecule has 11 heteroatoms. The fourth-order valence-electron chi connectivity index (χ4n) is 4.95. The molecule has 40 heavy (non-hydrogen) atoms. The first-order valence-corrected chi connectivity index (χ1v) is 13.7. The molecule has 5 rings (SSSR count). The Labute approximate surface area is 237 Å². The Hall–Kier alpha value is -3.73. The van der Waals surface area contributed by atoms with Crippen molar-refractivity contribution in [2.75, 3.05) is 18.4 Å². The summed E-state index contributed by atoms with van der Waals surface area (Å²) in [7, 11) is 0. The molecule has 1 saturated heterocycles. The number of benzene rings is 2. The van der Waals surface area contributed by atoms with Gasteiger partial charge in [0, 0.05) is 28.5 Å². The zero-order valence-corrected chi connectivity index (χ0v) is 23.6. The maximum absolute atomic E-state index is 13.5. The summed E-state index contributed by atoms with van der Waals surface area (Å²) in [4.78, 5) is 31.7. The van der Waals surface area contributed by atoms with E-state index in [2.05, 4.69) is 31.3 Å². The number of anilines is 1. The van der Waals surface area contributed by atoms with Crippen LogP contribution in [0.15, 0.2) is 53.0 Å². The van der Waals surface area contributed by atoms with E-state index < -0.39 is 17.8 Å². The van der Waals surface area contributed by atoms with E-state index in [1.54, 1.807) is 30.7 Å². The van der Waals surface area contributed by atoms with Crippen LogP contribution in [0.3, 0.4) is 0 Å². The smallest absolute Gasteiger partial charge is 0.339 e. The number of nitrogens with zero attached hydrogens (tertiary/aromatic N) is 4. The van der Waals surface area contributed by atoms with Crippen LogP contribution in [0, 0.1) is 13.8 Å². The summed E-state index contributed by atoms with van der Waals surface area (Å²) in [6.07, 6.45) is -1.50. The molecule has 0 bridgehead atoms. The molecule has 2 amide bonds. The number of hydrogen-bond acceptors (Lipinski definition) is 4. The van der Waals surface area contributed by atoms with Crippen molar-refractivity contribution in [3.63, 3.8) is 0 Å². The molecular weight excluding hydrogens is 587 g/mol. The first-order chi connectivity index (χ1) is 19.0. The van der Waals surface area contributed by atoms with Crippen LogP contribution >= 0.6 is 15.9 Å². The number of amides is 2. The molecule has 0 aliphatic carbocycles. The summed E-state index contributed by atoms with van der Waals surface area (Å²) in [6.45, 7) is 5.47. The van der Waals surface area contributed by atoms with Gasteiger partial charge in [0.1, 0.15) is 5.69 Å². The quantitative estimate of drug-likeness (QED) is 0.270. The molecular formula is C29H27BrF3N5O2. The zero-order valence-electron chi connectivity index (χ0n) is 22.0. The Balaban J connectivity index is 1.37. The first kappa shape index (κ1) is 27.8. The lowest BCUT2D eigenvalue weighted by molar-refractivity contribution is -0.141. The summed E-state index contributed by atoms with van der Waals surface area (Å²) < 4.78 is 42.9. The fourth-order valence-corrected chi connectivity index (χ4v) is 5.31. The van der Waals surface area contributed by atoms with Crippen LogP contribution < -0.4 is 5.32 Å². The second kappa shape index (κ2) is 11.0. The lowest BCUT2D eigenvalue weighted by Gasteiger charge is -2.26. The van der Waals surface area contributed by atoms with E-state index in [0.29, 0.717) is 39.0 Å². The lowest BCUT2D eigenvalue weighted by atomic mass is 10.1. The number of carbonyl (C=O) groups excluding carboxylic acids is 2. The van der Waals surface area contributed by atoms with Gasteiger partial charge in [-0.25, -0.2) is 4.98 Å². The van der Waals surface area contributed by atoms with Gasteiger partial charge in [-0.3, -0.25) is 14.3 Å². The van der Waals surface area contributed by atoms with E-state index in [1.807, 2.05) is 29.2 Å². The number of pyridine rings is 1.